The summed E-state index contributed by atoms with van der Waals surface area (Å²) >= 11 is 0. The molecule has 0 aliphatic carbocycles. The smallest absolute Gasteiger partial charge is 0.216 e. The summed E-state index contributed by atoms with van der Waals surface area (Å²) in [5.74, 6) is 2.26. The molecule has 1 fully saturated rings. The Kier molecular flexibility index (Phi) is 3.15. The molecule has 0 bridgehead atoms. The summed E-state index contributed by atoms with van der Waals surface area (Å²) in [6.45, 7) is 1.72. The van der Waals surface area contributed by atoms with E-state index in [9.17, 15) is 0 Å². The van der Waals surface area contributed by atoms with Crippen LogP contribution >= 0.6 is 0 Å². The minimum absolute atomic E-state index is 0.641. The van der Waals surface area contributed by atoms with Crippen LogP contribution in [-0.2, 0) is 11.2 Å². The van der Waals surface area contributed by atoms with E-state index in [1.165, 1.54) is 0 Å². The number of fused-ring (bicyclic) bond motifs is 1. The van der Waals surface area contributed by atoms with Gasteiger partial charge >= 0.3 is 0 Å². The maximum atomic E-state index is 5.37. The van der Waals surface area contributed by atoms with Crippen molar-refractivity contribution in [3.63, 3.8) is 0 Å². The van der Waals surface area contributed by atoms with Crippen molar-refractivity contribution in [3.8, 4) is 5.88 Å². The van der Waals surface area contributed by atoms with E-state index in [4.69, 9.17) is 9.47 Å². The van der Waals surface area contributed by atoms with Crippen LogP contribution in [0.2, 0.25) is 0 Å². The summed E-state index contributed by atoms with van der Waals surface area (Å²) < 4.78 is 12.4. The van der Waals surface area contributed by atoms with Gasteiger partial charge in [-0.3, -0.25) is 0 Å². The Bertz CT molecular complexity index is 532. The molecule has 0 aromatic carbocycles. The van der Waals surface area contributed by atoms with E-state index >= 15 is 0 Å². The first-order valence-electron chi connectivity index (χ1n) is 6.33. The molecule has 2 aromatic rings. The average Bonchev–Trinajstić information content (AvgIpc) is 2.82. The van der Waals surface area contributed by atoms with Gasteiger partial charge in [-0.25, -0.2) is 4.98 Å². The van der Waals surface area contributed by atoms with Gasteiger partial charge in [-0.05, 0) is 24.8 Å². The van der Waals surface area contributed by atoms with Gasteiger partial charge in [-0.1, -0.05) is 6.07 Å². The first-order chi connectivity index (χ1) is 8.86. The standard InChI is InChI=1S/C13H17N3O2/c1-17-13-4-2-3-12-14-11(15-16(12)13)9-10-5-7-18-8-6-10/h2-4,10H,5-9H2,1H3. The second-order valence-corrected chi connectivity index (χ2v) is 4.63. The van der Waals surface area contributed by atoms with Gasteiger partial charge in [0.15, 0.2) is 11.5 Å². The Labute approximate surface area is 106 Å². The molecular formula is C13H17N3O2. The quantitative estimate of drug-likeness (QED) is 0.828. The van der Waals surface area contributed by atoms with Crippen LogP contribution in [-0.4, -0.2) is 34.9 Å². The summed E-state index contributed by atoms with van der Waals surface area (Å²) in [6.07, 6.45) is 3.13. The van der Waals surface area contributed by atoms with E-state index in [-0.39, 0.29) is 0 Å². The van der Waals surface area contributed by atoms with Crippen molar-refractivity contribution in [2.24, 2.45) is 5.92 Å². The number of nitrogens with zero attached hydrogens (tertiary/aromatic N) is 3. The molecular weight excluding hydrogens is 230 g/mol. The summed E-state index contributed by atoms with van der Waals surface area (Å²) in [6, 6.07) is 5.77. The number of aromatic nitrogens is 3. The van der Waals surface area contributed by atoms with Gasteiger partial charge in [-0.15, -0.1) is 5.10 Å². The summed E-state index contributed by atoms with van der Waals surface area (Å²) in [5, 5.41) is 4.52. The van der Waals surface area contributed by atoms with E-state index in [0.29, 0.717) is 5.92 Å². The fraction of sp³-hybridized carbons (Fsp3) is 0.538. The molecule has 0 atom stereocenters. The Morgan fingerprint density at radius 2 is 2.22 bits per heavy atom. The number of rotatable bonds is 3. The Balaban J connectivity index is 1.84. The van der Waals surface area contributed by atoms with Crippen LogP contribution in [0, 0.1) is 5.92 Å². The van der Waals surface area contributed by atoms with Crippen molar-refractivity contribution in [2.75, 3.05) is 20.3 Å². The Morgan fingerprint density at radius 3 is 3.00 bits per heavy atom. The molecule has 1 aliphatic heterocycles. The molecule has 0 amide bonds. The molecule has 0 saturated carbocycles. The third-order valence-corrected chi connectivity index (χ3v) is 3.39. The number of methoxy groups -OCH3 is 1. The molecule has 1 aliphatic rings. The van der Waals surface area contributed by atoms with Gasteiger partial charge in [0, 0.05) is 25.7 Å². The van der Waals surface area contributed by atoms with Crippen LogP contribution in [0.1, 0.15) is 18.7 Å². The SMILES string of the molecule is COc1cccc2nc(CC3CCOCC3)nn12. The summed E-state index contributed by atoms with van der Waals surface area (Å²) in [5.41, 5.74) is 0.844. The fourth-order valence-corrected chi connectivity index (χ4v) is 2.38. The molecule has 18 heavy (non-hydrogen) atoms. The van der Waals surface area contributed by atoms with Gasteiger partial charge in [0.05, 0.1) is 7.11 Å². The Morgan fingerprint density at radius 1 is 1.39 bits per heavy atom. The first-order valence-corrected chi connectivity index (χ1v) is 6.33. The lowest BCUT2D eigenvalue weighted by Gasteiger charge is -2.20. The van der Waals surface area contributed by atoms with Crippen molar-refractivity contribution in [2.45, 2.75) is 19.3 Å². The van der Waals surface area contributed by atoms with Gasteiger partial charge in [0.25, 0.3) is 0 Å². The van der Waals surface area contributed by atoms with Crippen molar-refractivity contribution < 1.29 is 9.47 Å². The van der Waals surface area contributed by atoms with Gasteiger partial charge in [0.2, 0.25) is 5.88 Å². The summed E-state index contributed by atoms with van der Waals surface area (Å²) in [7, 11) is 1.65. The maximum Gasteiger partial charge on any atom is 0.216 e. The molecule has 3 rings (SSSR count). The maximum absolute atomic E-state index is 5.37. The topological polar surface area (TPSA) is 48.7 Å². The van der Waals surface area contributed by atoms with Crippen LogP contribution in [0.25, 0.3) is 5.65 Å². The van der Waals surface area contributed by atoms with Crippen molar-refractivity contribution in [1.29, 1.82) is 0 Å². The number of pyridine rings is 1. The molecule has 0 N–H and O–H groups in total. The zero-order valence-electron chi connectivity index (χ0n) is 10.5. The Hall–Kier alpha value is -1.62. The van der Waals surface area contributed by atoms with Crippen molar-refractivity contribution >= 4 is 5.65 Å². The molecule has 5 heteroatoms. The zero-order chi connectivity index (χ0) is 12.4. The zero-order valence-corrected chi connectivity index (χ0v) is 10.5. The monoisotopic (exact) mass is 247 g/mol. The lowest BCUT2D eigenvalue weighted by Crippen LogP contribution is -2.18. The predicted octanol–water partition coefficient (Wildman–Crippen LogP) is 1.71. The van der Waals surface area contributed by atoms with Crippen LogP contribution < -0.4 is 4.74 Å². The fourth-order valence-electron chi connectivity index (χ4n) is 2.38. The van der Waals surface area contributed by atoms with Crippen LogP contribution in [0.15, 0.2) is 18.2 Å². The van der Waals surface area contributed by atoms with Crippen molar-refractivity contribution in [1.82, 2.24) is 14.6 Å². The highest BCUT2D eigenvalue weighted by molar-refractivity contribution is 5.40. The lowest BCUT2D eigenvalue weighted by atomic mass is 9.96. The third kappa shape index (κ3) is 2.18. The number of hydrogen-bond acceptors (Lipinski definition) is 4. The molecule has 0 unspecified atom stereocenters. The molecule has 0 radical (unpaired) electrons. The average molecular weight is 247 g/mol. The van der Waals surface area contributed by atoms with Crippen LogP contribution in [0.3, 0.4) is 0 Å². The van der Waals surface area contributed by atoms with Crippen LogP contribution in [0.4, 0.5) is 0 Å². The van der Waals surface area contributed by atoms with Gasteiger partial charge in [0.1, 0.15) is 0 Å². The number of hydrogen-bond donors (Lipinski definition) is 0. The molecule has 2 aromatic heterocycles. The van der Waals surface area contributed by atoms with Crippen LogP contribution in [0.5, 0.6) is 5.88 Å². The highest BCUT2D eigenvalue weighted by Gasteiger charge is 2.17. The molecule has 5 nitrogen and oxygen atoms in total. The largest absolute Gasteiger partial charge is 0.481 e. The minimum Gasteiger partial charge on any atom is -0.481 e. The number of ether oxygens (including phenoxy) is 2. The molecule has 3 heterocycles. The highest BCUT2D eigenvalue weighted by Crippen LogP contribution is 2.20. The van der Waals surface area contributed by atoms with Gasteiger partial charge in [-0.2, -0.15) is 4.52 Å². The molecule has 0 spiro atoms. The second kappa shape index (κ2) is 4.94. The lowest BCUT2D eigenvalue weighted by molar-refractivity contribution is 0.0660. The predicted molar refractivity (Wildman–Crippen MR) is 66.8 cm³/mol. The minimum atomic E-state index is 0.641. The third-order valence-electron chi connectivity index (χ3n) is 3.39. The van der Waals surface area contributed by atoms with E-state index in [2.05, 4.69) is 10.1 Å². The van der Waals surface area contributed by atoms with E-state index in [1.807, 2.05) is 18.2 Å². The van der Waals surface area contributed by atoms with Crippen molar-refractivity contribution in [3.05, 3.63) is 24.0 Å². The first kappa shape index (κ1) is 11.5. The van der Waals surface area contributed by atoms with E-state index in [1.54, 1.807) is 11.6 Å². The second-order valence-electron chi connectivity index (χ2n) is 4.63. The van der Waals surface area contributed by atoms with E-state index in [0.717, 1.165) is 49.8 Å². The van der Waals surface area contributed by atoms with E-state index < -0.39 is 0 Å². The molecule has 1 saturated heterocycles. The normalized spacial score (nSPS) is 17.2. The van der Waals surface area contributed by atoms with Gasteiger partial charge < -0.3 is 9.47 Å². The highest BCUT2D eigenvalue weighted by atomic mass is 16.5. The summed E-state index contributed by atoms with van der Waals surface area (Å²) in [4.78, 5) is 4.55. The molecule has 96 valence electrons.